The topological polar surface area (TPSA) is 100.0 Å². The van der Waals surface area contributed by atoms with E-state index in [1.807, 2.05) is 0 Å². The zero-order chi connectivity index (χ0) is 16.6. The molecule has 9 heteroatoms. The molecule has 2 aliphatic rings. The number of hydrogen-bond acceptors (Lipinski definition) is 7. The highest BCUT2D eigenvalue weighted by molar-refractivity contribution is 8.13. The van der Waals surface area contributed by atoms with Crippen molar-refractivity contribution in [3.8, 4) is 0 Å². The van der Waals surface area contributed by atoms with Crippen molar-refractivity contribution in [2.75, 3.05) is 26.1 Å². The average molecular weight is 341 g/mol. The summed E-state index contributed by atoms with van der Waals surface area (Å²) in [7, 11) is 1.56. The number of nitro groups is 1. The van der Waals surface area contributed by atoms with E-state index in [9.17, 15) is 14.5 Å². The van der Waals surface area contributed by atoms with E-state index in [1.54, 1.807) is 7.11 Å². The fourth-order valence-electron chi connectivity index (χ4n) is 3.15. The first-order valence-corrected chi connectivity index (χ1v) is 7.99. The van der Waals surface area contributed by atoms with Crippen LogP contribution in [0.15, 0.2) is 23.2 Å². The summed E-state index contributed by atoms with van der Waals surface area (Å²) in [4.78, 5) is 14.9. The predicted molar refractivity (Wildman–Crippen MR) is 83.9 cm³/mol. The standard InChI is InChI=1S/C14H16FN3O4S/c1-21-5-12-10-6-23-13(16)17-14(10,7-22-12)9-4-8(18(19)20)2-3-11(9)15/h2-4,10,12H,5-7H2,1H3,(H2,16,17)/t10-,12-,14?/m1/s1. The van der Waals surface area contributed by atoms with Crippen LogP contribution in [-0.4, -0.2) is 42.3 Å². The van der Waals surface area contributed by atoms with E-state index in [0.29, 0.717) is 17.5 Å². The van der Waals surface area contributed by atoms with E-state index in [0.717, 1.165) is 12.1 Å². The van der Waals surface area contributed by atoms with Crippen molar-refractivity contribution in [1.82, 2.24) is 0 Å². The lowest BCUT2D eigenvalue weighted by Gasteiger charge is -2.35. The van der Waals surface area contributed by atoms with Crippen molar-refractivity contribution in [1.29, 1.82) is 0 Å². The minimum Gasteiger partial charge on any atom is -0.382 e. The molecule has 2 aliphatic heterocycles. The Hall–Kier alpha value is -1.71. The minimum absolute atomic E-state index is 0.116. The number of hydrogen-bond donors (Lipinski definition) is 1. The third-order valence-electron chi connectivity index (χ3n) is 4.26. The largest absolute Gasteiger partial charge is 0.382 e. The number of rotatable bonds is 4. The highest BCUT2D eigenvalue weighted by atomic mass is 32.2. The number of nitrogens with two attached hydrogens (primary N) is 1. The molecule has 124 valence electrons. The number of amidine groups is 1. The Balaban J connectivity index is 2.12. The van der Waals surface area contributed by atoms with Gasteiger partial charge in [-0.05, 0) is 6.07 Å². The van der Waals surface area contributed by atoms with E-state index in [1.165, 1.54) is 17.8 Å². The average Bonchev–Trinajstić information content (AvgIpc) is 2.86. The summed E-state index contributed by atoms with van der Waals surface area (Å²) in [5.41, 5.74) is 4.77. The number of non-ortho nitro benzene ring substituents is 1. The Morgan fingerprint density at radius 1 is 1.65 bits per heavy atom. The number of ether oxygens (including phenoxy) is 2. The number of thioether (sulfide) groups is 1. The number of nitro benzene ring substituents is 1. The lowest BCUT2D eigenvalue weighted by molar-refractivity contribution is -0.385. The smallest absolute Gasteiger partial charge is 0.270 e. The Morgan fingerprint density at radius 2 is 2.43 bits per heavy atom. The van der Waals surface area contributed by atoms with Gasteiger partial charge in [-0.1, -0.05) is 11.8 Å². The van der Waals surface area contributed by atoms with Gasteiger partial charge in [-0.3, -0.25) is 10.1 Å². The Bertz CT molecular complexity index is 671. The van der Waals surface area contributed by atoms with Crippen molar-refractivity contribution in [3.05, 3.63) is 39.7 Å². The van der Waals surface area contributed by atoms with E-state index in [2.05, 4.69) is 4.99 Å². The molecule has 0 amide bonds. The van der Waals surface area contributed by atoms with Crippen LogP contribution >= 0.6 is 11.8 Å². The molecule has 2 N–H and O–H groups in total. The van der Waals surface area contributed by atoms with E-state index in [4.69, 9.17) is 15.2 Å². The molecule has 1 saturated heterocycles. The van der Waals surface area contributed by atoms with Gasteiger partial charge >= 0.3 is 0 Å². The van der Waals surface area contributed by atoms with Gasteiger partial charge in [0.05, 0.1) is 24.2 Å². The van der Waals surface area contributed by atoms with Gasteiger partial charge < -0.3 is 15.2 Å². The maximum absolute atomic E-state index is 14.5. The maximum atomic E-state index is 14.5. The lowest BCUT2D eigenvalue weighted by atomic mass is 9.78. The summed E-state index contributed by atoms with van der Waals surface area (Å²) < 4.78 is 25.4. The second-order valence-electron chi connectivity index (χ2n) is 5.52. The first-order chi connectivity index (χ1) is 11.0. The second kappa shape index (κ2) is 6.06. The normalized spacial score (nSPS) is 29.9. The fourth-order valence-corrected chi connectivity index (χ4v) is 4.22. The molecule has 1 aromatic carbocycles. The molecule has 3 atom stereocenters. The first kappa shape index (κ1) is 16.2. The molecule has 1 fully saturated rings. The summed E-state index contributed by atoms with van der Waals surface area (Å²) in [6.07, 6.45) is -0.261. The summed E-state index contributed by atoms with van der Waals surface area (Å²) in [5, 5.41) is 11.4. The van der Waals surface area contributed by atoms with Crippen LogP contribution in [0.4, 0.5) is 10.1 Å². The molecule has 2 heterocycles. The number of methoxy groups -OCH3 is 1. The van der Waals surface area contributed by atoms with Crippen molar-refractivity contribution in [3.63, 3.8) is 0 Å². The van der Waals surface area contributed by atoms with Gasteiger partial charge in [0, 0.05) is 36.5 Å². The van der Waals surface area contributed by atoms with Crippen molar-refractivity contribution < 1.29 is 18.8 Å². The van der Waals surface area contributed by atoms with Crippen LogP contribution in [0.2, 0.25) is 0 Å². The van der Waals surface area contributed by atoms with E-state index < -0.39 is 16.3 Å². The monoisotopic (exact) mass is 341 g/mol. The van der Waals surface area contributed by atoms with Gasteiger partial charge in [-0.2, -0.15) is 0 Å². The SMILES string of the molecule is COC[C@H]1OCC2(c3cc([N+](=O)[O-])ccc3F)N=C(N)SC[C@H]12. The first-order valence-electron chi connectivity index (χ1n) is 7.01. The molecule has 7 nitrogen and oxygen atoms in total. The van der Waals surface area contributed by atoms with Crippen LogP contribution in [0.3, 0.4) is 0 Å². The molecule has 0 aliphatic carbocycles. The zero-order valence-corrected chi connectivity index (χ0v) is 13.2. The van der Waals surface area contributed by atoms with Gasteiger partial charge in [-0.25, -0.2) is 9.38 Å². The number of fused-ring (bicyclic) bond motifs is 1. The van der Waals surface area contributed by atoms with Crippen LogP contribution < -0.4 is 5.73 Å². The van der Waals surface area contributed by atoms with Crippen LogP contribution in [-0.2, 0) is 15.0 Å². The fraction of sp³-hybridized carbons (Fsp3) is 0.500. The van der Waals surface area contributed by atoms with Crippen LogP contribution in [0, 0.1) is 21.8 Å². The minimum atomic E-state index is -1.05. The molecule has 0 radical (unpaired) electrons. The quantitative estimate of drug-likeness (QED) is 0.660. The number of benzene rings is 1. The van der Waals surface area contributed by atoms with Crippen molar-refractivity contribution in [2.45, 2.75) is 11.6 Å². The van der Waals surface area contributed by atoms with Crippen molar-refractivity contribution >= 4 is 22.6 Å². The van der Waals surface area contributed by atoms with Gasteiger partial charge in [0.25, 0.3) is 5.69 Å². The molecular weight excluding hydrogens is 325 g/mol. The number of aliphatic imine (C=N–C) groups is 1. The van der Waals surface area contributed by atoms with Crippen LogP contribution in [0.5, 0.6) is 0 Å². The summed E-state index contributed by atoms with van der Waals surface area (Å²) in [5.74, 6) is -0.132. The number of nitrogens with zero attached hydrogens (tertiary/aromatic N) is 2. The molecular formula is C14H16FN3O4S. The molecule has 0 bridgehead atoms. The predicted octanol–water partition coefficient (Wildman–Crippen LogP) is 1.65. The highest BCUT2D eigenvalue weighted by Crippen LogP contribution is 2.48. The molecule has 0 spiro atoms. The molecule has 1 unspecified atom stereocenters. The highest BCUT2D eigenvalue weighted by Gasteiger charge is 2.54. The van der Waals surface area contributed by atoms with Gasteiger partial charge in [-0.15, -0.1) is 0 Å². The lowest BCUT2D eigenvalue weighted by Crippen LogP contribution is -2.43. The van der Waals surface area contributed by atoms with E-state index in [-0.39, 0.29) is 29.9 Å². The summed E-state index contributed by atoms with van der Waals surface area (Å²) >= 11 is 1.37. The zero-order valence-electron chi connectivity index (χ0n) is 12.4. The Kier molecular flexibility index (Phi) is 4.26. The number of halogens is 1. The third-order valence-corrected chi connectivity index (χ3v) is 5.17. The maximum Gasteiger partial charge on any atom is 0.270 e. The Morgan fingerprint density at radius 3 is 3.13 bits per heavy atom. The Labute approximate surface area is 136 Å². The van der Waals surface area contributed by atoms with Crippen LogP contribution in [0.25, 0.3) is 0 Å². The van der Waals surface area contributed by atoms with Gasteiger partial charge in [0.2, 0.25) is 0 Å². The summed E-state index contributed by atoms with van der Waals surface area (Å²) in [6, 6.07) is 3.46. The van der Waals surface area contributed by atoms with Gasteiger partial charge in [0.15, 0.2) is 5.17 Å². The van der Waals surface area contributed by atoms with Gasteiger partial charge in [0.1, 0.15) is 11.4 Å². The van der Waals surface area contributed by atoms with Crippen LogP contribution in [0.1, 0.15) is 5.56 Å². The summed E-state index contributed by atoms with van der Waals surface area (Å²) in [6.45, 7) is 0.462. The molecule has 0 saturated carbocycles. The van der Waals surface area contributed by atoms with Crippen molar-refractivity contribution in [2.24, 2.45) is 16.6 Å². The molecule has 3 rings (SSSR count). The third kappa shape index (κ3) is 2.68. The second-order valence-corrected chi connectivity index (χ2v) is 6.56. The molecule has 1 aromatic rings. The van der Waals surface area contributed by atoms with E-state index >= 15 is 0 Å². The molecule has 23 heavy (non-hydrogen) atoms. The molecule has 0 aromatic heterocycles.